The largest absolute Gasteiger partial charge is 0.373 e. The van der Waals surface area contributed by atoms with Gasteiger partial charge >= 0.3 is 0 Å². The first-order chi connectivity index (χ1) is 5.70. The molecule has 0 saturated heterocycles. The van der Waals surface area contributed by atoms with Gasteiger partial charge in [-0.2, -0.15) is 0 Å². The number of nitrogens with two attached hydrogens (primary N) is 1. The standard InChI is InChI=1S/C8H11N3O/c1-6(8(9)12)11-7-3-2-4-10-5-7/h2-6,11H,1H3,(H2,9,12)/t6-/m0/s1. The third kappa shape index (κ3) is 2.23. The van der Waals surface area contributed by atoms with E-state index in [9.17, 15) is 4.79 Å². The van der Waals surface area contributed by atoms with Crippen molar-refractivity contribution < 1.29 is 4.79 Å². The zero-order valence-corrected chi connectivity index (χ0v) is 6.82. The van der Waals surface area contributed by atoms with Gasteiger partial charge in [0.05, 0.1) is 5.69 Å². The first kappa shape index (κ1) is 8.52. The fourth-order valence-corrected chi connectivity index (χ4v) is 0.769. The molecule has 4 nitrogen and oxygen atoms in total. The van der Waals surface area contributed by atoms with Crippen LogP contribution >= 0.6 is 0 Å². The molecule has 1 atom stereocenters. The summed E-state index contributed by atoms with van der Waals surface area (Å²) < 4.78 is 0. The van der Waals surface area contributed by atoms with Gasteiger partial charge in [0.15, 0.2) is 0 Å². The molecule has 12 heavy (non-hydrogen) atoms. The van der Waals surface area contributed by atoms with E-state index in [0.717, 1.165) is 5.69 Å². The first-order valence-corrected chi connectivity index (χ1v) is 3.66. The van der Waals surface area contributed by atoms with Crippen LogP contribution < -0.4 is 11.1 Å². The molecule has 1 amide bonds. The van der Waals surface area contributed by atoms with Crippen molar-refractivity contribution in [3.05, 3.63) is 24.5 Å². The van der Waals surface area contributed by atoms with Gasteiger partial charge in [-0.05, 0) is 19.1 Å². The number of amides is 1. The summed E-state index contributed by atoms with van der Waals surface area (Å²) in [4.78, 5) is 14.5. The zero-order chi connectivity index (χ0) is 8.97. The summed E-state index contributed by atoms with van der Waals surface area (Å²) in [6.07, 6.45) is 3.31. The topological polar surface area (TPSA) is 68.0 Å². The molecule has 0 radical (unpaired) electrons. The highest BCUT2D eigenvalue weighted by atomic mass is 16.1. The summed E-state index contributed by atoms with van der Waals surface area (Å²) in [5.74, 6) is -0.376. The van der Waals surface area contributed by atoms with Crippen LogP contribution in [0.5, 0.6) is 0 Å². The summed E-state index contributed by atoms with van der Waals surface area (Å²) >= 11 is 0. The van der Waals surface area contributed by atoms with Crippen molar-refractivity contribution in [1.82, 2.24) is 4.98 Å². The first-order valence-electron chi connectivity index (χ1n) is 3.66. The maximum Gasteiger partial charge on any atom is 0.239 e. The predicted molar refractivity (Wildman–Crippen MR) is 46.5 cm³/mol. The van der Waals surface area contributed by atoms with Crippen molar-refractivity contribution >= 4 is 11.6 Å². The molecule has 1 aromatic heterocycles. The average Bonchev–Trinajstić information content (AvgIpc) is 2.06. The van der Waals surface area contributed by atoms with Gasteiger partial charge in [-0.1, -0.05) is 0 Å². The van der Waals surface area contributed by atoms with Gasteiger partial charge in [-0.25, -0.2) is 0 Å². The number of hydrogen-bond donors (Lipinski definition) is 2. The van der Waals surface area contributed by atoms with Crippen LogP contribution in [0, 0.1) is 0 Å². The Morgan fingerprint density at radius 3 is 3.00 bits per heavy atom. The summed E-state index contributed by atoms with van der Waals surface area (Å²) in [7, 11) is 0. The summed E-state index contributed by atoms with van der Waals surface area (Å²) in [6.45, 7) is 1.70. The Hall–Kier alpha value is -1.58. The van der Waals surface area contributed by atoms with E-state index in [1.54, 1.807) is 25.4 Å². The van der Waals surface area contributed by atoms with Crippen molar-refractivity contribution in [3.63, 3.8) is 0 Å². The number of pyridine rings is 1. The molecule has 0 unspecified atom stereocenters. The molecular formula is C8H11N3O. The van der Waals surface area contributed by atoms with Crippen LogP contribution in [0.1, 0.15) is 6.92 Å². The van der Waals surface area contributed by atoms with Crippen LogP contribution in [-0.2, 0) is 4.79 Å². The maximum atomic E-state index is 10.6. The van der Waals surface area contributed by atoms with Gasteiger partial charge in [0.2, 0.25) is 5.91 Å². The lowest BCUT2D eigenvalue weighted by Crippen LogP contribution is -2.32. The smallest absolute Gasteiger partial charge is 0.239 e. The summed E-state index contributed by atoms with van der Waals surface area (Å²) in [5, 5.41) is 2.90. The van der Waals surface area contributed by atoms with Gasteiger partial charge in [-0.15, -0.1) is 0 Å². The van der Waals surface area contributed by atoms with E-state index in [2.05, 4.69) is 10.3 Å². The van der Waals surface area contributed by atoms with Crippen LogP contribution in [0.15, 0.2) is 24.5 Å². The highest BCUT2D eigenvalue weighted by Gasteiger charge is 2.06. The van der Waals surface area contributed by atoms with E-state index >= 15 is 0 Å². The minimum Gasteiger partial charge on any atom is -0.373 e. The number of nitrogens with zero attached hydrogens (tertiary/aromatic N) is 1. The Kier molecular flexibility index (Phi) is 2.63. The SMILES string of the molecule is C[C@H](Nc1cccnc1)C(N)=O. The van der Waals surface area contributed by atoms with E-state index < -0.39 is 0 Å². The summed E-state index contributed by atoms with van der Waals surface area (Å²) in [6, 6.07) is 3.25. The van der Waals surface area contributed by atoms with Crippen LogP contribution in [0.25, 0.3) is 0 Å². The second-order valence-electron chi connectivity index (χ2n) is 2.51. The highest BCUT2D eigenvalue weighted by Crippen LogP contribution is 2.03. The van der Waals surface area contributed by atoms with Gasteiger partial charge in [-0.3, -0.25) is 9.78 Å². The van der Waals surface area contributed by atoms with Gasteiger partial charge in [0.25, 0.3) is 0 Å². The molecule has 0 aliphatic rings. The van der Waals surface area contributed by atoms with Gasteiger partial charge < -0.3 is 11.1 Å². The zero-order valence-electron chi connectivity index (χ0n) is 6.82. The van der Waals surface area contributed by atoms with E-state index in [-0.39, 0.29) is 11.9 Å². The van der Waals surface area contributed by atoms with Crippen molar-refractivity contribution in [3.8, 4) is 0 Å². The molecule has 0 aliphatic heterocycles. The molecule has 0 saturated carbocycles. The molecule has 1 heterocycles. The second-order valence-corrected chi connectivity index (χ2v) is 2.51. The Balaban J connectivity index is 2.58. The number of rotatable bonds is 3. The molecule has 0 aliphatic carbocycles. The van der Waals surface area contributed by atoms with E-state index in [1.165, 1.54) is 0 Å². The molecule has 4 heteroatoms. The fraction of sp³-hybridized carbons (Fsp3) is 0.250. The van der Waals surface area contributed by atoms with Crippen molar-refractivity contribution in [1.29, 1.82) is 0 Å². The van der Waals surface area contributed by atoms with Gasteiger partial charge in [0, 0.05) is 12.4 Å². The number of anilines is 1. The third-order valence-corrected chi connectivity index (χ3v) is 1.47. The lowest BCUT2D eigenvalue weighted by Gasteiger charge is -2.10. The minimum absolute atomic E-state index is 0.366. The normalized spacial score (nSPS) is 12.1. The molecule has 0 aromatic carbocycles. The van der Waals surface area contributed by atoms with Gasteiger partial charge in [0.1, 0.15) is 6.04 Å². The van der Waals surface area contributed by atoms with Crippen molar-refractivity contribution in [2.75, 3.05) is 5.32 Å². The maximum absolute atomic E-state index is 10.6. The van der Waals surface area contributed by atoms with Crippen LogP contribution in [0.4, 0.5) is 5.69 Å². The lowest BCUT2D eigenvalue weighted by atomic mass is 10.3. The molecule has 1 aromatic rings. The Labute approximate surface area is 70.8 Å². The number of hydrogen-bond acceptors (Lipinski definition) is 3. The Morgan fingerprint density at radius 1 is 1.75 bits per heavy atom. The predicted octanol–water partition coefficient (Wildman–Crippen LogP) is 0.367. The number of primary amides is 1. The van der Waals surface area contributed by atoms with Crippen molar-refractivity contribution in [2.45, 2.75) is 13.0 Å². The van der Waals surface area contributed by atoms with Crippen LogP contribution in [0.2, 0.25) is 0 Å². The molecular weight excluding hydrogens is 154 g/mol. The van der Waals surface area contributed by atoms with Crippen molar-refractivity contribution in [2.24, 2.45) is 5.73 Å². The molecule has 64 valence electrons. The molecule has 3 N–H and O–H groups in total. The quantitative estimate of drug-likeness (QED) is 0.679. The van der Waals surface area contributed by atoms with E-state index in [0.29, 0.717) is 0 Å². The monoisotopic (exact) mass is 165 g/mol. The third-order valence-electron chi connectivity index (χ3n) is 1.47. The lowest BCUT2D eigenvalue weighted by molar-refractivity contribution is -0.118. The fourth-order valence-electron chi connectivity index (χ4n) is 0.769. The molecule has 0 fully saturated rings. The number of carbonyl (C=O) groups excluding carboxylic acids is 1. The van der Waals surface area contributed by atoms with Crippen LogP contribution in [0.3, 0.4) is 0 Å². The van der Waals surface area contributed by atoms with E-state index in [1.807, 2.05) is 6.07 Å². The molecule has 0 bridgehead atoms. The second kappa shape index (κ2) is 3.71. The summed E-state index contributed by atoms with van der Waals surface area (Å²) in [5.41, 5.74) is 5.86. The number of aromatic nitrogens is 1. The Morgan fingerprint density at radius 2 is 2.50 bits per heavy atom. The van der Waals surface area contributed by atoms with Crippen LogP contribution in [-0.4, -0.2) is 16.9 Å². The number of carbonyl (C=O) groups is 1. The van der Waals surface area contributed by atoms with E-state index in [4.69, 9.17) is 5.73 Å². The Bertz CT molecular complexity index is 260. The molecule has 1 rings (SSSR count). The minimum atomic E-state index is -0.376. The number of nitrogens with one attached hydrogen (secondary N) is 1. The molecule has 0 spiro atoms. The highest BCUT2D eigenvalue weighted by molar-refractivity contribution is 5.82. The average molecular weight is 165 g/mol.